The SMILES string of the molecule is C=C(CN1CCC[C@H]1C(=O)O)c1ccc2c(c1)CCC[C@H]2NC(=O)C[C@@H](NC)c1ccccc1.C=O.O=CCc1cccc(C(P)(P)P)c1. The van der Waals surface area contributed by atoms with Crippen LogP contribution in [0.5, 0.6) is 0 Å². The maximum absolute atomic E-state index is 12.9. The minimum Gasteiger partial charge on any atom is -0.480 e. The third kappa shape index (κ3) is 12.0. The number of carboxylic acid groups (broad SMARTS) is 1. The Morgan fingerprint density at radius 3 is 2.41 bits per heavy atom. The lowest BCUT2D eigenvalue weighted by atomic mass is 9.85. The van der Waals surface area contributed by atoms with E-state index in [4.69, 9.17) is 4.79 Å². The van der Waals surface area contributed by atoms with Crippen molar-refractivity contribution in [3.05, 3.63) is 113 Å². The van der Waals surface area contributed by atoms with Crippen LogP contribution in [0.3, 0.4) is 0 Å². The van der Waals surface area contributed by atoms with Gasteiger partial charge in [-0.15, -0.1) is 27.7 Å². The second-order valence-electron chi connectivity index (χ2n) is 12.5. The second kappa shape index (κ2) is 19.9. The molecule has 49 heavy (non-hydrogen) atoms. The zero-order valence-corrected chi connectivity index (χ0v) is 31.7. The molecule has 11 heteroatoms. The molecule has 6 atom stereocenters. The van der Waals surface area contributed by atoms with Gasteiger partial charge >= 0.3 is 5.97 Å². The zero-order chi connectivity index (χ0) is 36.0. The molecule has 0 saturated carbocycles. The number of nitrogens with zero attached hydrogens (tertiary/aromatic N) is 1. The van der Waals surface area contributed by atoms with Crippen LogP contribution in [0.1, 0.15) is 77.6 Å². The number of hydrogen-bond donors (Lipinski definition) is 3. The number of benzene rings is 3. The Morgan fingerprint density at radius 2 is 1.76 bits per heavy atom. The van der Waals surface area contributed by atoms with Crippen LogP contribution in [0.4, 0.5) is 0 Å². The standard InChI is InChI=1S/C28H35N3O3.C9H13OP3.CH2O/c1-19(18-31-15-7-12-26(31)28(33)34)21-13-14-23-22(16-21)10-6-11-24(23)30-27(32)17-25(29-2)20-8-4-3-5-9-20;10-5-4-7-2-1-3-8(6-7)9(11,12)13;1-2/h3-5,8-9,13-14,16,24-26,29H,1,6-7,10-12,15,17-18H2,2H3,(H,30,32)(H,33,34);1-3,5-6H,4,11-13H2;1H2/t24-,25-,26+;;/m1../s1. The van der Waals surface area contributed by atoms with E-state index in [-0.39, 0.29) is 22.6 Å². The molecule has 3 N–H and O–H groups in total. The summed E-state index contributed by atoms with van der Waals surface area (Å²) in [6.07, 6.45) is 6.35. The first-order valence-electron chi connectivity index (χ1n) is 16.5. The molecule has 1 fully saturated rings. The summed E-state index contributed by atoms with van der Waals surface area (Å²) >= 11 is 0. The van der Waals surface area contributed by atoms with E-state index < -0.39 is 12.0 Å². The number of carboxylic acids is 1. The summed E-state index contributed by atoms with van der Waals surface area (Å²) in [6.45, 7) is 7.63. The topological polar surface area (TPSA) is 116 Å². The number of carbonyl (C=O) groups is 4. The molecule has 2 aliphatic rings. The van der Waals surface area contributed by atoms with Gasteiger partial charge in [-0.3, -0.25) is 14.5 Å². The fraction of sp³-hybridized carbons (Fsp3) is 0.368. The largest absolute Gasteiger partial charge is 0.480 e. The lowest BCUT2D eigenvalue weighted by Crippen LogP contribution is -2.36. The first kappa shape index (κ1) is 40.3. The number of fused-ring (bicyclic) bond motifs is 1. The molecule has 3 aromatic rings. The van der Waals surface area contributed by atoms with Crippen molar-refractivity contribution in [1.29, 1.82) is 0 Å². The fourth-order valence-electron chi connectivity index (χ4n) is 6.39. The molecule has 1 amide bonds. The lowest BCUT2D eigenvalue weighted by molar-refractivity contribution is -0.141. The van der Waals surface area contributed by atoms with Crippen molar-refractivity contribution < 1.29 is 24.3 Å². The number of hydrogen-bond acceptors (Lipinski definition) is 6. The molecule has 0 radical (unpaired) electrons. The number of amides is 1. The predicted octanol–water partition coefficient (Wildman–Crippen LogP) is 6.07. The Kier molecular flexibility index (Phi) is 16.4. The van der Waals surface area contributed by atoms with Gasteiger partial charge < -0.3 is 25.3 Å². The molecule has 0 bridgehead atoms. The quantitative estimate of drug-likeness (QED) is 0.154. The van der Waals surface area contributed by atoms with Gasteiger partial charge in [0.2, 0.25) is 5.91 Å². The number of aryl methyl sites for hydroxylation is 1. The lowest BCUT2D eigenvalue weighted by Gasteiger charge is -2.28. The summed E-state index contributed by atoms with van der Waals surface area (Å²) in [5.41, 5.74) is 7.77. The van der Waals surface area contributed by atoms with E-state index in [1.807, 2.05) is 73.3 Å². The van der Waals surface area contributed by atoms with Gasteiger partial charge in [0.1, 0.15) is 19.1 Å². The number of likely N-dealkylation sites (tertiary alicyclic amines) is 1. The van der Waals surface area contributed by atoms with E-state index in [1.165, 1.54) is 16.7 Å². The monoisotopic (exact) mass is 721 g/mol. The fourth-order valence-corrected chi connectivity index (χ4v) is 6.93. The molecule has 1 heterocycles. The van der Waals surface area contributed by atoms with Crippen molar-refractivity contribution in [1.82, 2.24) is 15.5 Å². The number of nitrogens with one attached hydrogen (secondary N) is 2. The van der Waals surface area contributed by atoms with Crippen LogP contribution in [0.15, 0.2) is 79.4 Å². The van der Waals surface area contributed by atoms with E-state index in [0.717, 1.165) is 60.8 Å². The van der Waals surface area contributed by atoms with E-state index in [0.29, 0.717) is 25.8 Å². The summed E-state index contributed by atoms with van der Waals surface area (Å²) < 4.78 is -0.0844. The van der Waals surface area contributed by atoms with E-state index in [1.54, 1.807) is 0 Å². The molecule has 262 valence electrons. The van der Waals surface area contributed by atoms with Crippen molar-refractivity contribution >= 4 is 58.2 Å². The van der Waals surface area contributed by atoms with Crippen molar-refractivity contribution in [2.75, 3.05) is 20.1 Å². The Balaban J connectivity index is 0.000000363. The summed E-state index contributed by atoms with van der Waals surface area (Å²) in [6, 6.07) is 24.0. The van der Waals surface area contributed by atoms with Crippen LogP contribution in [-0.2, 0) is 36.7 Å². The van der Waals surface area contributed by atoms with Crippen LogP contribution >= 0.6 is 27.7 Å². The summed E-state index contributed by atoms with van der Waals surface area (Å²) in [5, 5.41) is 16.0. The van der Waals surface area contributed by atoms with Gasteiger partial charge in [-0.1, -0.05) is 79.4 Å². The highest BCUT2D eigenvalue weighted by Gasteiger charge is 2.31. The van der Waals surface area contributed by atoms with Crippen molar-refractivity contribution in [3.8, 4) is 0 Å². The molecule has 5 rings (SSSR count). The molecule has 1 aliphatic carbocycles. The molecule has 1 aliphatic heterocycles. The van der Waals surface area contributed by atoms with Crippen molar-refractivity contribution in [2.45, 2.75) is 67.7 Å². The average molecular weight is 722 g/mol. The van der Waals surface area contributed by atoms with E-state index in [2.05, 4.69) is 63.1 Å². The Morgan fingerprint density at radius 1 is 1.02 bits per heavy atom. The first-order chi connectivity index (χ1) is 23.5. The van der Waals surface area contributed by atoms with Crippen LogP contribution in [0, 0.1) is 0 Å². The van der Waals surface area contributed by atoms with Crippen molar-refractivity contribution in [3.63, 3.8) is 0 Å². The number of aldehydes is 1. The summed E-state index contributed by atoms with van der Waals surface area (Å²) in [4.78, 5) is 44.7. The number of rotatable bonds is 12. The third-order valence-corrected chi connectivity index (χ3v) is 9.93. The summed E-state index contributed by atoms with van der Waals surface area (Å²) in [7, 11) is 10.1. The van der Waals surface area contributed by atoms with Crippen LogP contribution < -0.4 is 10.6 Å². The van der Waals surface area contributed by atoms with Gasteiger partial charge in [0.25, 0.3) is 0 Å². The van der Waals surface area contributed by atoms with Crippen LogP contribution in [0.2, 0.25) is 0 Å². The predicted molar refractivity (Wildman–Crippen MR) is 209 cm³/mol. The highest BCUT2D eigenvalue weighted by Crippen LogP contribution is 2.45. The Hall–Kier alpha value is -3.11. The van der Waals surface area contributed by atoms with E-state index in [9.17, 15) is 19.5 Å². The molecule has 0 aromatic heterocycles. The highest BCUT2D eigenvalue weighted by atomic mass is 31.1. The maximum Gasteiger partial charge on any atom is 0.320 e. The molecule has 3 aromatic carbocycles. The van der Waals surface area contributed by atoms with Crippen LogP contribution in [0.25, 0.3) is 5.57 Å². The Labute approximate surface area is 297 Å². The van der Waals surface area contributed by atoms with Gasteiger partial charge in [-0.05, 0) is 84.7 Å². The average Bonchev–Trinajstić information content (AvgIpc) is 3.57. The minimum atomic E-state index is -0.748. The van der Waals surface area contributed by atoms with Crippen molar-refractivity contribution in [2.24, 2.45) is 0 Å². The minimum absolute atomic E-state index is 0.0156. The highest BCUT2D eigenvalue weighted by molar-refractivity contribution is 7.56. The number of carbonyl (C=O) groups excluding carboxylic acids is 3. The second-order valence-corrected chi connectivity index (χ2v) is 17.3. The van der Waals surface area contributed by atoms with Crippen LogP contribution in [-0.4, -0.2) is 61.1 Å². The van der Waals surface area contributed by atoms with Gasteiger partial charge in [0.05, 0.1) is 6.04 Å². The van der Waals surface area contributed by atoms with Gasteiger partial charge in [-0.25, -0.2) is 0 Å². The molecular formula is C38H50N3O5P3. The molecule has 1 saturated heterocycles. The zero-order valence-electron chi connectivity index (χ0n) is 28.3. The molecule has 8 nitrogen and oxygen atoms in total. The normalized spacial score (nSPS) is 17.6. The van der Waals surface area contributed by atoms with Gasteiger partial charge in [0.15, 0.2) is 0 Å². The van der Waals surface area contributed by atoms with Gasteiger partial charge in [0, 0.05) is 30.1 Å². The maximum atomic E-state index is 12.9. The summed E-state index contributed by atoms with van der Waals surface area (Å²) in [5.74, 6) is -0.703. The van der Waals surface area contributed by atoms with E-state index >= 15 is 0 Å². The molecule has 0 spiro atoms. The van der Waals surface area contributed by atoms with Gasteiger partial charge in [-0.2, -0.15) is 0 Å². The molecular weight excluding hydrogens is 671 g/mol. The smallest absolute Gasteiger partial charge is 0.320 e. The first-order valence-corrected chi connectivity index (χ1v) is 18.2. The number of aliphatic carboxylic acids is 1. The molecule has 3 unspecified atom stereocenters. The third-order valence-electron chi connectivity index (χ3n) is 8.93. The Bertz CT molecular complexity index is 1560.